The number of rotatable bonds is 11. The molecule has 2 amide bonds. The lowest BCUT2D eigenvalue weighted by Gasteiger charge is -2.43. The quantitative estimate of drug-likeness (QED) is 0.128. The fourth-order valence-corrected chi connectivity index (χ4v) is 6.72. The van der Waals surface area contributed by atoms with Gasteiger partial charge in [-0.15, -0.1) is 0 Å². The number of morpholine rings is 1. The number of ether oxygens (including phenoxy) is 4. The number of carbonyl (C=O) groups is 1. The lowest BCUT2D eigenvalue weighted by molar-refractivity contribution is -0.277. The number of aliphatic hydroxyl groups excluding tert-OH is 1. The van der Waals surface area contributed by atoms with Gasteiger partial charge < -0.3 is 34.7 Å². The molecule has 0 unspecified atom stereocenters. The van der Waals surface area contributed by atoms with E-state index in [1.165, 1.54) is 0 Å². The second-order valence-corrected chi connectivity index (χ2v) is 13.3. The summed E-state index contributed by atoms with van der Waals surface area (Å²) in [6.07, 6.45) is -0.758. The minimum absolute atomic E-state index is 0.00592. The highest BCUT2D eigenvalue weighted by molar-refractivity contribution is 5.89. The number of hydrogen-bond donors (Lipinski definition) is 3. The summed E-state index contributed by atoms with van der Waals surface area (Å²) in [6.45, 7) is 6.59. The molecule has 5 aromatic carbocycles. The van der Waals surface area contributed by atoms with Crippen molar-refractivity contribution in [2.45, 2.75) is 38.6 Å². The molecule has 0 radical (unpaired) electrons. The van der Waals surface area contributed by atoms with Gasteiger partial charge in [0, 0.05) is 43.3 Å². The van der Waals surface area contributed by atoms with E-state index in [0.29, 0.717) is 18.0 Å². The van der Waals surface area contributed by atoms with Gasteiger partial charge >= 0.3 is 6.03 Å². The average Bonchev–Trinajstić information content (AvgIpc) is 3.20. The van der Waals surface area contributed by atoms with Crippen molar-refractivity contribution in [2.24, 2.45) is 5.92 Å². The zero-order chi connectivity index (χ0) is 35.7. The van der Waals surface area contributed by atoms with E-state index < -0.39 is 6.29 Å². The lowest BCUT2D eigenvalue weighted by Crippen LogP contribution is -2.47. The van der Waals surface area contributed by atoms with Crippen molar-refractivity contribution in [1.29, 1.82) is 0 Å². The highest BCUT2D eigenvalue weighted by atomic mass is 16.7. The van der Waals surface area contributed by atoms with E-state index in [-0.39, 0.29) is 30.8 Å². The minimum atomic E-state index is -0.543. The van der Waals surface area contributed by atoms with Gasteiger partial charge in [0.15, 0.2) is 6.29 Å². The van der Waals surface area contributed by atoms with E-state index in [9.17, 15) is 9.90 Å². The molecule has 9 nitrogen and oxygen atoms in total. The number of nitrogens with one attached hydrogen (secondary N) is 2. The minimum Gasteiger partial charge on any atom is -0.457 e. The Bertz CT molecular complexity index is 1880. The van der Waals surface area contributed by atoms with E-state index in [1.54, 1.807) is 0 Å². The van der Waals surface area contributed by atoms with E-state index in [0.717, 1.165) is 72.0 Å². The van der Waals surface area contributed by atoms with Gasteiger partial charge in [-0.25, -0.2) is 4.79 Å². The predicted molar refractivity (Wildman–Crippen MR) is 201 cm³/mol. The van der Waals surface area contributed by atoms with Crippen molar-refractivity contribution in [3.05, 3.63) is 150 Å². The van der Waals surface area contributed by atoms with Gasteiger partial charge in [-0.1, -0.05) is 97.9 Å². The maximum atomic E-state index is 12.9. The predicted octanol–water partition coefficient (Wildman–Crippen LogP) is 8.08. The normalized spacial score (nSPS) is 20.6. The molecule has 52 heavy (non-hydrogen) atoms. The smallest absolute Gasteiger partial charge is 0.319 e. The zero-order valence-electron chi connectivity index (χ0n) is 29.3. The molecule has 2 heterocycles. The molecule has 5 aromatic rings. The molecule has 2 aliphatic heterocycles. The Morgan fingerprint density at radius 2 is 1.46 bits per heavy atom. The third-order valence-corrected chi connectivity index (χ3v) is 9.71. The molecule has 9 heteroatoms. The first-order chi connectivity index (χ1) is 25.5. The summed E-state index contributed by atoms with van der Waals surface area (Å²) >= 11 is 0. The highest BCUT2D eigenvalue weighted by Crippen LogP contribution is 2.42. The molecule has 0 aliphatic carbocycles. The molecule has 0 aromatic heterocycles. The Kier molecular flexibility index (Phi) is 11.6. The summed E-state index contributed by atoms with van der Waals surface area (Å²) in [5, 5.41) is 15.5. The number of para-hydroxylation sites is 1. The van der Waals surface area contributed by atoms with Crippen LogP contribution in [0.1, 0.15) is 41.6 Å². The number of hydrogen-bond acceptors (Lipinski definition) is 7. The van der Waals surface area contributed by atoms with Crippen LogP contribution in [-0.2, 0) is 27.4 Å². The molecular formula is C43H45N3O6. The molecule has 3 N–H and O–H groups in total. The second-order valence-electron chi connectivity index (χ2n) is 13.3. The number of nitrogens with zero attached hydrogens (tertiary/aromatic N) is 1. The van der Waals surface area contributed by atoms with Gasteiger partial charge in [-0.2, -0.15) is 0 Å². The maximum Gasteiger partial charge on any atom is 0.319 e. The Morgan fingerprint density at radius 1 is 0.788 bits per heavy atom. The lowest BCUT2D eigenvalue weighted by atomic mass is 9.90. The summed E-state index contributed by atoms with van der Waals surface area (Å²) in [5.74, 6) is 1.56. The van der Waals surface area contributed by atoms with Crippen molar-refractivity contribution >= 4 is 11.7 Å². The topological polar surface area (TPSA) is 102 Å². The first-order valence-corrected chi connectivity index (χ1v) is 17.9. The Morgan fingerprint density at radius 3 is 2.19 bits per heavy atom. The van der Waals surface area contributed by atoms with Gasteiger partial charge in [0.1, 0.15) is 11.5 Å². The van der Waals surface area contributed by atoms with E-state index in [2.05, 4.69) is 52.8 Å². The monoisotopic (exact) mass is 699 g/mol. The zero-order valence-corrected chi connectivity index (χ0v) is 29.3. The van der Waals surface area contributed by atoms with Crippen LogP contribution in [0.3, 0.4) is 0 Å². The van der Waals surface area contributed by atoms with Gasteiger partial charge in [0.2, 0.25) is 0 Å². The number of urea groups is 1. The standard InChI is InChI=1S/C43H45N3O6/c1-30-40(28-46-23-25-49-26-24-46)51-42(52-41(30)33-13-11-31(29-47)12-14-33)34-17-15-32(16-18-34)39-10-6-5-7-35(39)27-44-43(48)45-36-19-21-38(22-20-36)50-37-8-3-2-4-9-37/h2-22,30,40-42,47H,23-29H2,1H3,(H2,44,45,48)/t30-,40+,41+,42+/m0/s1. The van der Waals surface area contributed by atoms with Crippen LogP contribution in [0.2, 0.25) is 0 Å². The van der Waals surface area contributed by atoms with Crippen LogP contribution >= 0.6 is 0 Å². The van der Waals surface area contributed by atoms with Crippen molar-refractivity contribution in [3.8, 4) is 22.6 Å². The van der Waals surface area contributed by atoms with Crippen LogP contribution in [0.25, 0.3) is 11.1 Å². The second kappa shape index (κ2) is 17.0. The van der Waals surface area contributed by atoms with Crippen LogP contribution in [0, 0.1) is 5.92 Å². The van der Waals surface area contributed by atoms with E-state index in [1.807, 2.05) is 97.1 Å². The van der Waals surface area contributed by atoms with Crippen LogP contribution in [0.15, 0.2) is 127 Å². The number of carbonyl (C=O) groups excluding carboxylic acids is 1. The summed E-state index contributed by atoms with van der Waals surface area (Å²) in [5.41, 5.74) is 6.60. The van der Waals surface area contributed by atoms with Gasteiger partial charge in [0.25, 0.3) is 0 Å². The number of aliphatic hydroxyl groups is 1. The third-order valence-electron chi connectivity index (χ3n) is 9.71. The number of amides is 2. The summed E-state index contributed by atoms with van der Waals surface area (Å²) < 4.78 is 24.8. The molecule has 2 saturated heterocycles. The van der Waals surface area contributed by atoms with Gasteiger partial charge in [0.05, 0.1) is 32.0 Å². The van der Waals surface area contributed by atoms with Crippen molar-refractivity contribution in [3.63, 3.8) is 0 Å². The van der Waals surface area contributed by atoms with Crippen LogP contribution in [0.4, 0.5) is 10.5 Å². The first kappa shape index (κ1) is 35.4. The Labute approximate surface area is 305 Å². The van der Waals surface area contributed by atoms with Crippen LogP contribution in [0.5, 0.6) is 11.5 Å². The Balaban J connectivity index is 1.01. The van der Waals surface area contributed by atoms with Gasteiger partial charge in [-0.05, 0) is 64.2 Å². The van der Waals surface area contributed by atoms with Crippen LogP contribution in [-0.4, -0.2) is 55.0 Å². The highest BCUT2D eigenvalue weighted by Gasteiger charge is 2.39. The number of anilines is 1. The van der Waals surface area contributed by atoms with Crippen molar-refractivity contribution in [1.82, 2.24) is 10.2 Å². The first-order valence-electron chi connectivity index (χ1n) is 17.9. The molecule has 4 atom stereocenters. The van der Waals surface area contributed by atoms with Crippen molar-refractivity contribution < 1.29 is 28.8 Å². The molecular weight excluding hydrogens is 654 g/mol. The Hall–Kier alpha value is -5.03. The fourth-order valence-electron chi connectivity index (χ4n) is 6.72. The molecule has 2 fully saturated rings. The van der Waals surface area contributed by atoms with Crippen molar-refractivity contribution in [2.75, 3.05) is 38.2 Å². The fraction of sp³-hybridized carbons (Fsp3) is 0.279. The molecule has 2 aliphatic rings. The average molecular weight is 700 g/mol. The maximum absolute atomic E-state index is 12.9. The van der Waals surface area contributed by atoms with Gasteiger partial charge in [-0.3, -0.25) is 4.90 Å². The molecule has 0 saturated carbocycles. The molecule has 268 valence electrons. The largest absolute Gasteiger partial charge is 0.457 e. The summed E-state index contributed by atoms with van der Waals surface area (Å²) in [7, 11) is 0. The summed E-state index contributed by atoms with van der Waals surface area (Å²) in [6, 6.07) is 40.9. The molecule has 7 rings (SSSR count). The molecule has 0 spiro atoms. The van der Waals surface area contributed by atoms with E-state index in [4.69, 9.17) is 18.9 Å². The number of benzene rings is 5. The SMILES string of the molecule is C[C@H]1[C@@H](CN2CCOCC2)O[C@@H](c2ccc(-c3ccccc3CNC(=O)Nc3ccc(Oc4ccccc4)cc3)cc2)O[C@H]1c1ccc(CO)cc1. The molecule has 0 bridgehead atoms. The van der Waals surface area contributed by atoms with E-state index >= 15 is 0 Å². The summed E-state index contributed by atoms with van der Waals surface area (Å²) in [4.78, 5) is 15.3. The third kappa shape index (κ3) is 8.88. The van der Waals surface area contributed by atoms with Crippen LogP contribution < -0.4 is 15.4 Å².